The van der Waals surface area contributed by atoms with Crippen LogP contribution in [0.4, 0.5) is 0 Å². The van der Waals surface area contributed by atoms with Crippen LogP contribution in [0.2, 0.25) is 0 Å². The molecule has 7 heteroatoms. The summed E-state index contributed by atoms with van der Waals surface area (Å²) in [5.41, 5.74) is 1.24. The van der Waals surface area contributed by atoms with Gasteiger partial charge in [-0.2, -0.15) is 0 Å². The lowest BCUT2D eigenvalue weighted by Gasteiger charge is -2.18. The fraction of sp³-hybridized carbons (Fsp3) is 0.318. The molecular weight excluding hydrogens is 485 g/mol. The van der Waals surface area contributed by atoms with Gasteiger partial charge in [0.2, 0.25) is 0 Å². The molecule has 1 saturated heterocycles. The number of phenols is 2. The van der Waals surface area contributed by atoms with Crippen LogP contribution in [0.1, 0.15) is 24.3 Å². The summed E-state index contributed by atoms with van der Waals surface area (Å²) < 4.78 is 7.13. The highest BCUT2D eigenvalue weighted by atomic mass is 127. The molecule has 0 spiro atoms. The Morgan fingerprint density at radius 2 is 2.00 bits per heavy atom. The number of fused-ring (bicyclic) bond motifs is 1. The molecule has 0 bridgehead atoms. The van der Waals surface area contributed by atoms with Gasteiger partial charge in [-0.25, -0.2) is 0 Å². The molecule has 1 fully saturated rings. The minimum Gasteiger partial charge on any atom is -0.507 e. The summed E-state index contributed by atoms with van der Waals surface area (Å²) in [6.07, 6.45) is 1.50. The van der Waals surface area contributed by atoms with Crippen LogP contribution in [0, 0.1) is 3.57 Å². The van der Waals surface area contributed by atoms with E-state index >= 15 is 0 Å². The Labute approximate surface area is 181 Å². The number of rotatable bonds is 5. The molecule has 0 radical (unpaired) electrons. The molecule has 1 aliphatic heterocycles. The summed E-state index contributed by atoms with van der Waals surface area (Å²) >= 11 is 2.20. The third-order valence-electron chi connectivity index (χ3n) is 5.42. The van der Waals surface area contributed by atoms with E-state index in [2.05, 4.69) is 27.5 Å². The molecular formula is C22H22INO5. The van der Waals surface area contributed by atoms with Crippen molar-refractivity contribution in [3.8, 4) is 22.8 Å². The second-order valence-electron chi connectivity index (χ2n) is 7.38. The van der Waals surface area contributed by atoms with Crippen LogP contribution in [0.3, 0.4) is 0 Å². The van der Waals surface area contributed by atoms with Crippen LogP contribution in [-0.2, 0) is 0 Å². The fourth-order valence-electron chi connectivity index (χ4n) is 4.07. The standard InChI is InChI=1S/C22H22INO5/c23-15-4-1-3-13(9-15)19-11-18(28)21-17(27)10-16(26)20(22(21)29-19)14-5-7-24(12-14)6-2-8-25/h1,3-4,9-11,14,25-27H,2,5-8,12H2. The molecule has 1 aliphatic rings. The van der Waals surface area contributed by atoms with Crippen molar-refractivity contribution in [2.24, 2.45) is 0 Å². The van der Waals surface area contributed by atoms with Crippen LogP contribution in [0.5, 0.6) is 11.5 Å². The Bertz CT molecular complexity index is 1110. The van der Waals surface area contributed by atoms with E-state index in [1.54, 1.807) is 0 Å². The lowest BCUT2D eigenvalue weighted by Crippen LogP contribution is -2.22. The zero-order chi connectivity index (χ0) is 20.5. The smallest absolute Gasteiger partial charge is 0.197 e. The van der Waals surface area contributed by atoms with E-state index in [0.29, 0.717) is 24.3 Å². The second kappa shape index (κ2) is 8.33. The van der Waals surface area contributed by atoms with E-state index in [9.17, 15) is 15.0 Å². The van der Waals surface area contributed by atoms with Crippen LogP contribution in [0.25, 0.3) is 22.3 Å². The van der Waals surface area contributed by atoms with E-state index < -0.39 is 0 Å². The van der Waals surface area contributed by atoms with Crippen molar-refractivity contribution < 1.29 is 19.7 Å². The summed E-state index contributed by atoms with van der Waals surface area (Å²) in [5, 5.41) is 30.1. The molecule has 4 rings (SSSR count). The SMILES string of the molecule is O=c1cc(-c2cccc(I)c2)oc2c(C3CCN(CCCO)C3)c(O)cc(O)c12. The number of nitrogens with zero attached hydrogens (tertiary/aromatic N) is 1. The minimum atomic E-state index is -0.339. The number of aromatic hydroxyl groups is 2. The van der Waals surface area contributed by atoms with E-state index in [1.165, 1.54) is 12.1 Å². The maximum absolute atomic E-state index is 12.8. The summed E-state index contributed by atoms with van der Waals surface area (Å²) in [6.45, 7) is 2.46. The van der Waals surface area contributed by atoms with Gasteiger partial charge in [0.25, 0.3) is 0 Å². The van der Waals surface area contributed by atoms with Crippen molar-refractivity contribution in [2.75, 3.05) is 26.2 Å². The maximum atomic E-state index is 12.8. The molecule has 0 amide bonds. The molecule has 6 nitrogen and oxygen atoms in total. The van der Waals surface area contributed by atoms with Crippen molar-refractivity contribution in [1.82, 2.24) is 4.90 Å². The van der Waals surface area contributed by atoms with E-state index in [4.69, 9.17) is 9.52 Å². The Morgan fingerprint density at radius 1 is 1.17 bits per heavy atom. The first-order valence-corrected chi connectivity index (χ1v) is 10.7. The minimum absolute atomic E-state index is 0.0221. The molecule has 3 N–H and O–H groups in total. The lowest BCUT2D eigenvalue weighted by atomic mass is 9.94. The first-order valence-electron chi connectivity index (χ1n) is 9.59. The average Bonchev–Trinajstić information content (AvgIpc) is 3.14. The highest BCUT2D eigenvalue weighted by Gasteiger charge is 2.30. The number of aliphatic hydroxyl groups excluding tert-OH is 1. The average molecular weight is 507 g/mol. The number of phenolic OH excluding ortho intramolecular Hbond substituents is 2. The Morgan fingerprint density at radius 3 is 2.76 bits per heavy atom. The monoisotopic (exact) mass is 507 g/mol. The van der Waals surface area contributed by atoms with E-state index in [0.717, 1.165) is 28.6 Å². The highest BCUT2D eigenvalue weighted by molar-refractivity contribution is 14.1. The maximum Gasteiger partial charge on any atom is 0.197 e. The molecule has 29 heavy (non-hydrogen) atoms. The largest absolute Gasteiger partial charge is 0.507 e. The van der Waals surface area contributed by atoms with Crippen molar-refractivity contribution in [1.29, 1.82) is 0 Å². The molecule has 3 aromatic rings. The number of benzene rings is 2. The third kappa shape index (κ3) is 3.99. The molecule has 2 heterocycles. The Balaban J connectivity index is 1.85. The first kappa shape index (κ1) is 20.2. The Hall–Kier alpha value is -2.10. The van der Waals surface area contributed by atoms with Gasteiger partial charge in [0.1, 0.15) is 28.2 Å². The van der Waals surface area contributed by atoms with Gasteiger partial charge in [0, 0.05) is 52.4 Å². The Kier molecular flexibility index (Phi) is 5.80. The fourth-order valence-corrected chi connectivity index (χ4v) is 4.61. The van der Waals surface area contributed by atoms with Crippen LogP contribution < -0.4 is 5.43 Å². The van der Waals surface area contributed by atoms with Crippen LogP contribution >= 0.6 is 22.6 Å². The molecule has 0 saturated carbocycles. The van der Waals surface area contributed by atoms with Crippen LogP contribution in [-0.4, -0.2) is 46.5 Å². The number of aliphatic hydroxyl groups is 1. The zero-order valence-corrected chi connectivity index (χ0v) is 17.9. The van der Waals surface area contributed by atoms with Gasteiger partial charge in [-0.3, -0.25) is 4.79 Å². The summed E-state index contributed by atoms with van der Waals surface area (Å²) in [4.78, 5) is 15.0. The van der Waals surface area contributed by atoms with Gasteiger partial charge >= 0.3 is 0 Å². The molecule has 1 atom stereocenters. The third-order valence-corrected chi connectivity index (χ3v) is 6.09. The number of likely N-dealkylation sites (tertiary alicyclic amines) is 1. The molecule has 0 aliphatic carbocycles. The van der Waals surface area contributed by atoms with Crippen molar-refractivity contribution in [3.05, 3.63) is 55.8 Å². The zero-order valence-electron chi connectivity index (χ0n) is 15.8. The number of halogens is 1. The van der Waals surface area contributed by atoms with Gasteiger partial charge in [-0.15, -0.1) is 0 Å². The van der Waals surface area contributed by atoms with Gasteiger partial charge in [-0.05, 0) is 54.1 Å². The van der Waals surface area contributed by atoms with Gasteiger partial charge in [0.15, 0.2) is 5.43 Å². The van der Waals surface area contributed by atoms with E-state index in [-0.39, 0.29) is 40.4 Å². The normalized spacial score (nSPS) is 17.2. The van der Waals surface area contributed by atoms with Gasteiger partial charge in [0.05, 0.1) is 0 Å². The topological polar surface area (TPSA) is 94.1 Å². The summed E-state index contributed by atoms with van der Waals surface area (Å²) in [6, 6.07) is 10.2. The van der Waals surface area contributed by atoms with E-state index in [1.807, 2.05) is 24.3 Å². The first-order chi connectivity index (χ1) is 14.0. The predicted octanol–water partition coefficient (Wildman–Crippen LogP) is 3.65. The van der Waals surface area contributed by atoms with Crippen LogP contribution in [0.15, 0.2) is 45.6 Å². The quantitative estimate of drug-likeness (QED) is 0.457. The second-order valence-corrected chi connectivity index (χ2v) is 8.63. The van der Waals surface area contributed by atoms with Gasteiger partial charge in [-0.1, -0.05) is 12.1 Å². The molecule has 2 aromatic carbocycles. The van der Waals surface area contributed by atoms with Crippen molar-refractivity contribution in [2.45, 2.75) is 18.8 Å². The summed E-state index contributed by atoms with van der Waals surface area (Å²) in [7, 11) is 0. The highest BCUT2D eigenvalue weighted by Crippen LogP contribution is 2.42. The lowest BCUT2D eigenvalue weighted by molar-refractivity contribution is 0.246. The summed E-state index contributed by atoms with van der Waals surface area (Å²) in [5.74, 6) is 0.0415. The number of hydrogen-bond donors (Lipinski definition) is 3. The van der Waals surface area contributed by atoms with Crippen molar-refractivity contribution >= 4 is 33.6 Å². The van der Waals surface area contributed by atoms with Crippen molar-refractivity contribution in [3.63, 3.8) is 0 Å². The van der Waals surface area contributed by atoms with Gasteiger partial charge < -0.3 is 24.6 Å². The molecule has 1 unspecified atom stereocenters. The number of hydrogen-bond acceptors (Lipinski definition) is 6. The predicted molar refractivity (Wildman–Crippen MR) is 119 cm³/mol. The molecule has 152 valence electrons. The molecule has 1 aromatic heterocycles.